The number of fused-ring (bicyclic) bond motifs is 1. The van der Waals surface area contributed by atoms with Gasteiger partial charge in [-0.05, 0) is 61.6 Å². The van der Waals surface area contributed by atoms with Crippen LogP contribution >= 0.6 is 11.8 Å². The first-order valence-electron chi connectivity index (χ1n) is 11.6. The van der Waals surface area contributed by atoms with Crippen LogP contribution in [0, 0.1) is 11.8 Å². The molecule has 178 valence electrons. The third kappa shape index (κ3) is 4.87. The quantitative estimate of drug-likeness (QED) is 0.397. The molecule has 4 rings (SSSR count). The van der Waals surface area contributed by atoms with Gasteiger partial charge in [0.25, 0.3) is 5.56 Å². The first kappa shape index (κ1) is 24.0. The van der Waals surface area contributed by atoms with Crippen molar-refractivity contribution in [2.24, 2.45) is 17.6 Å². The van der Waals surface area contributed by atoms with Crippen LogP contribution in [0.15, 0.2) is 58.5 Å². The van der Waals surface area contributed by atoms with Crippen molar-refractivity contribution < 1.29 is 9.59 Å². The SMILES string of the molecule is C[C@H]1[C@H](C)CCC[C@H]1n1c(S[C@@H](C)C(=O)Nc2ccc(C(N)=O)cc2)nc2ccccc2c1=O. The molecule has 3 aromatic rings. The maximum absolute atomic E-state index is 13.6. The third-order valence-electron chi connectivity index (χ3n) is 6.86. The molecular weight excluding hydrogens is 448 g/mol. The van der Waals surface area contributed by atoms with E-state index >= 15 is 0 Å². The van der Waals surface area contributed by atoms with Gasteiger partial charge in [-0.3, -0.25) is 19.0 Å². The maximum atomic E-state index is 13.6. The fourth-order valence-electron chi connectivity index (χ4n) is 4.59. The van der Waals surface area contributed by atoms with Gasteiger partial charge in [0.15, 0.2) is 5.16 Å². The molecule has 8 heteroatoms. The number of benzene rings is 2. The molecule has 1 aliphatic carbocycles. The normalized spacial score (nSPS) is 21.2. The van der Waals surface area contributed by atoms with Crippen molar-refractivity contribution in [2.45, 2.75) is 56.5 Å². The molecule has 0 aliphatic heterocycles. The molecule has 0 spiro atoms. The molecule has 34 heavy (non-hydrogen) atoms. The zero-order valence-corrected chi connectivity index (χ0v) is 20.5. The van der Waals surface area contributed by atoms with E-state index in [1.807, 2.05) is 28.8 Å². The lowest BCUT2D eigenvalue weighted by atomic mass is 9.78. The van der Waals surface area contributed by atoms with Gasteiger partial charge in [-0.1, -0.05) is 50.6 Å². The molecule has 2 amide bonds. The van der Waals surface area contributed by atoms with Crippen molar-refractivity contribution in [2.75, 3.05) is 5.32 Å². The Morgan fingerprint density at radius 1 is 1.12 bits per heavy atom. The Labute approximate surface area is 203 Å². The zero-order chi connectivity index (χ0) is 24.4. The van der Waals surface area contributed by atoms with Crippen LogP contribution in [-0.4, -0.2) is 26.6 Å². The number of primary amides is 1. The molecule has 1 saturated carbocycles. The second kappa shape index (κ2) is 10.0. The predicted molar refractivity (Wildman–Crippen MR) is 136 cm³/mol. The van der Waals surface area contributed by atoms with Crippen LogP contribution in [0.3, 0.4) is 0 Å². The van der Waals surface area contributed by atoms with Crippen LogP contribution in [-0.2, 0) is 4.79 Å². The summed E-state index contributed by atoms with van der Waals surface area (Å²) in [6.07, 6.45) is 3.14. The molecular formula is C26H30N4O3S. The van der Waals surface area contributed by atoms with E-state index < -0.39 is 11.2 Å². The van der Waals surface area contributed by atoms with E-state index in [0.717, 1.165) is 19.3 Å². The molecule has 1 fully saturated rings. The van der Waals surface area contributed by atoms with Gasteiger partial charge in [0.2, 0.25) is 11.8 Å². The van der Waals surface area contributed by atoms with Crippen LogP contribution < -0.4 is 16.6 Å². The van der Waals surface area contributed by atoms with Crippen molar-refractivity contribution in [3.63, 3.8) is 0 Å². The molecule has 1 aliphatic rings. The summed E-state index contributed by atoms with van der Waals surface area (Å²) in [5.41, 5.74) is 6.82. The molecule has 0 radical (unpaired) electrons. The minimum Gasteiger partial charge on any atom is -0.366 e. The summed E-state index contributed by atoms with van der Waals surface area (Å²) in [7, 11) is 0. The van der Waals surface area contributed by atoms with Gasteiger partial charge in [0.1, 0.15) is 0 Å². The Balaban J connectivity index is 1.64. The summed E-state index contributed by atoms with van der Waals surface area (Å²) in [6.45, 7) is 6.25. The second-order valence-corrected chi connectivity index (χ2v) is 10.4. The Morgan fingerprint density at radius 3 is 2.53 bits per heavy atom. The number of carbonyl (C=O) groups excluding carboxylic acids is 2. The lowest BCUT2D eigenvalue weighted by molar-refractivity contribution is -0.115. The maximum Gasteiger partial charge on any atom is 0.262 e. The number of aromatic nitrogens is 2. The Morgan fingerprint density at radius 2 is 1.82 bits per heavy atom. The zero-order valence-electron chi connectivity index (χ0n) is 19.7. The van der Waals surface area contributed by atoms with Crippen LogP contribution in [0.25, 0.3) is 10.9 Å². The van der Waals surface area contributed by atoms with E-state index in [-0.39, 0.29) is 17.5 Å². The monoisotopic (exact) mass is 478 g/mol. The van der Waals surface area contributed by atoms with Crippen molar-refractivity contribution in [1.82, 2.24) is 9.55 Å². The van der Waals surface area contributed by atoms with Crippen LogP contribution in [0.1, 0.15) is 56.4 Å². The molecule has 0 bridgehead atoms. The van der Waals surface area contributed by atoms with E-state index in [4.69, 9.17) is 10.7 Å². The number of para-hydroxylation sites is 1. The molecule has 7 nitrogen and oxygen atoms in total. The number of rotatable bonds is 6. The average Bonchev–Trinajstić information content (AvgIpc) is 2.82. The van der Waals surface area contributed by atoms with Crippen LogP contribution in [0.4, 0.5) is 5.69 Å². The van der Waals surface area contributed by atoms with Gasteiger partial charge in [-0.2, -0.15) is 0 Å². The number of amides is 2. The van der Waals surface area contributed by atoms with E-state index in [0.29, 0.717) is 39.1 Å². The average molecular weight is 479 g/mol. The molecule has 1 aromatic heterocycles. The second-order valence-electron chi connectivity index (χ2n) is 9.11. The highest BCUT2D eigenvalue weighted by atomic mass is 32.2. The van der Waals surface area contributed by atoms with Crippen molar-refractivity contribution in [3.8, 4) is 0 Å². The summed E-state index contributed by atoms with van der Waals surface area (Å²) in [6, 6.07) is 13.9. The highest BCUT2D eigenvalue weighted by molar-refractivity contribution is 8.00. The molecule has 0 unspecified atom stereocenters. The largest absolute Gasteiger partial charge is 0.366 e. The van der Waals surface area contributed by atoms with Gasteiger partial charge >= 0.3 is 0 Å². The summed E-state index contributed by atoms with van der Waals surface area (Å²) in [5.74, 6) is 0.116. The third-order valence-corrected chi connectivity index (χ3v) is 7.93. The Hall–Kier alpha value is -3.13. The number of hydrogen-bond acceptors (Lipinski definition) is 5. The summed E-state index contributed by atoms with van der Waals surface area (Å²) < 4.78 is 1.83. The summed E-state index contributed by atoms with van der Waals surface area (Å²) in [4.78, 5) is 42.6. The molecule has 3 N–H and O–H groups in total. The van der Waals surface area contributed by atoms with Crippen molar-refractivity contribution in [3.05, 3.63) is 64.4 Å². The van der Waals surface area contributed by atoms with E-state index in [9.17, 15) is 14.4 Å². The number of anilines is 1. The predicted octanol–water partition coefficient (Wildman–Crippen LogP) is 4.61. The number of carbonyl (C=O) groups is 2. The fourth-order valence-corrected chi connectivity index (χ4v) is 5.56. The first-order chi connectivity index (χ1) is 16.3. The van der Waals surface area contributed by atoms with Gasteiger partial charge in [0.05, 0.1) is 16.2 Å². The van der Waals surface area contributed by atoms with Crippen molar-refractivity contribution in [1.29, 1.82) is 0 Å². The number of hydrogen-bond donors (Lipinski definition) is 2. The van der Waals surface area contributed by atoms with E-state index in [1.54, 1.807) is 31.2 Å². The number of thioether (sulfide) groups is 1. The highest BCUT2D eigenvalue weighted by Crippen LogP contribution is 2.39. The van der Waals surface area contributed by atoms with E-state index in [2.05, 4.69) is 19.2 Å². The van der Waals surface area contributed by atoms with Crippen LogP contribution in [0.5, 0.6) is 0 Å². The first-order valence-corrected chi connectivity index (χ1v) is 12.5. The lowest BCUT2D eigenvalue weighted by Gasteiger charge is -2.36. The van der Waals surface area contributed by atoms with E-state index in [1.165, 1.54) is 11.8 Å². The summed E-state index contributed by atoms with van der Waals surface area (Å²) in [5, 5.41) is 3.55. The smallest absolute Gasteiger partial charge is 0.262 e. The Bertz CT molecular complexity index is 1270. The number of nitrogens with one attached hydrogen (secondary N) is 1. The lowest BCUT2D eigenvalue weighted by Crippen LogP contribution is -2.36. The minimum absolute atomic E-state index is 0.0475. The van der Waals surface area contributed by atoms with Crippen LogP contribution in [0.2, 0.25) is 0 Å². The molecule has 4 atom stereocenters. The topological polar surface area (TPSA) is 107 Å². The van der Waals surface area contributed by atoms with Gasteiger partial charge < -0.3 is 11.1 Å². The molecule has 1 heterocycles. The summed E-state index contributed by atoms with van der Waals surface area (Å²) >= 11 is 1.30. The van der Waals surface area contributed by atoms with Gasteiger partial charge in [-0.25, -0.2) is 4.98 Å². The molecule has 0 saturated heterocycles. The fraction of sp³-hybridized carbons (Fsp3) is 0.385. The van der Waals surface area contributed by atoms with Gasteiger partial charge in [0, 0.05) is 17.3 Å². The highest BCUT2D eigenvalue weighted by Gasteiger charge is 2.32. The minimum atomic E-state index is -0.520. The number of nitrogens with zero attached hydrogens (tertiary/aromatic N) is 2. The van der Waals surface area contributed by atoms with Crippen molar-refractivity contribution >= 4 is 40.2 Å². The number of nitrogens with two attached hydrogens (primary N) is 1. The standard InChI is InChI=1S/C26H30N4O3S/c1-15-7-6-10-22(16(15)2)30-25(33)20-8-4-5-9-21(20)29-26(30)34-17(3)24(32)28-19-13-11-18(12-14-19)23(27)31/h4-5,8-9,11-17,22H,6-7,10H2,1-3H3,(H2,27,31)(H,28,32)/t15-,16+,17+,22-/m1/s1. The molecule has 2 aromatic carbocycles. The Kier molecular flexibility index (Phi) is 7.07. The van der Waals surface area contributed by atoms with Gasteiger partial charge in [-0.15, -0.1) is 0 Å².